The van der Waals surface area contributed by atoms with Gasteiger partial charge in [0.1, 0.15) is 11.6 Å². The van der Waals surface area contributed by atoms with Crippen molar-refractivity contribution in [2.75, 3.05) is 18.0 Å². The van der Waals surface area contributed by atoms with Gasteiger partial charge in [0.2, 0.25) is 5.13 Å². The number of aromatic nitrogens is 1. The number of nitrogens with two attached hydrogens (primary N) is 1. The molecule has 2 aromatic rings. The Kier molecular flexibility index (Phi) is 3.72. The van der Waals surface area contributed by atoms with E-state index in [1.807, 2.05) is 6.07 Å². The van der Waals surface area contributed by atoms with Gasteiger partial charge in [-0.25, -0.2) is 4.98 Å². The first kappa shape index (κ1) is 13.2. The average Bonchev–Trinajstić information content (AvgIpc) is 2.84. The molecule has 1 aliphatic heterocycles. The number of benzene rings is 1. The molecule has 0 amide bonds. The van der Waals surface area contributed by atoms with Crippen molar-refractivity contribution in [3.63, 3.8) is 0 Å². The molecule has 8 heteroatoms. The number of ether oxygens (including phenoxy) is 2. The van der Waals surface area contributed by atoms with Crippen LogP contribution < -0.4 is 15.9 Å². The first-order valence-electron chi connectivity index (χ1n) is 5.75. The first-order chi connectivity index (χ1) is 9.72. The van der Waals surface area contributed by atoms with Crippen molar-refractivity contribution in [2.45, 2.75) is 6.61 Å². The van der Waals surface area contributed by atoms with Crippen molar-refractivity contribution in [1.29, 1.82) is 0 Å². The van der Waals surface area contributed by atoms with Crippen molar-refractivity contribution in [3.05, 3.63) is 33.7 Å². The van der Waals surface area contributed by atoms with Crippen LogP contribution in [0.25, 0.3) is 0 Å². The molecule has 0 atom stereocenters. The van der Waals surface area contributed by atoms with Crippen LogP contribution in [0, 0.1) is 0 Å². The van der Waals surface area contributed by atoms with Gasteiger partial charge in [0.25, 0.3) is 0 Å². The number of nitrogen functional groups attached to an aromatic ring is 1. The second-order valence-corrected chi connectivity index (χ2v) is 5.34. The highest BCUT2D eigenvalue weighted by molar-refractivity contribution is 7.14. The fourth-order valence-corrected chi connectivity index (χ4v) is 2.60. The van der Waals surface area contributed by atoms with E-state index in [1.165, 1.54) is 11.3 Å². The van der Waals surface area contributed by atoms with E-state index in [9.17, 15) is 0 Å². The maximum atomic E-state index is 6.06. The van der Waals surface area contributed by atoms with E-state index >= 15 is 0 Å². The minimum atomic E-state index is 0.228. The molecule has 0 saturated carbocycles. The number of hydrazone groups is 1. The molecule has 1 aromatic heterocycles. The van der Waals surface area contributed by atoms with Gasteiger partial charge in [-0.1, -0.05) is 11.6 Å². The molecule has 0 bridgehead atoms. The normalized spacial score (nSPS) is 14.1. The van der Waals surface area contributed by atoms with Crippen LogP contribution in [-0.4, -0.2) is 18.0 Å². The lowest BCUT2D eigenvalue weighted by atomic mass is 10.1. The third-order valence-electron chi connectivity index (χ3n) is 2.59. The molecular formula is C12H11ClN4O2S. The molecule has 1 aromatic carbocycles. The summed E-state index contributed by atoms with van der Waals surface area (Å²) in [4.78, 5) is 4.04. The van der Waals surface area contributed by atoms with E-state index in [2.05, 4.69) is 15.5 Å². The van der Waals surface area contributed by atoms with Crippen molar-refractivity contribution < 1.29 is 9.47 Å². The Morgan fingerprint density at radius 1 is 1.50 bits per heavy atom. The fourth-order valence-electron chi connectivity index (χ4n) is 1.80. The number of fused-ring (bicyclic) bond motifs is 1. The number of halogens is 1. The second-order valence-electron chi connectivity index (χ2n) is 4.04. The first-order valence-corrected chi connectivity index (χ1v) is 7.01. The van der Waals surface area contributed by atoms with Crippen molar-refractivity contribution in [3.8, 4) is 5.75 Å². The molecule has 0 fully saturated rings. The highest BCUT2D eigenvalue weighted by Gasteiger charge is 2.15. The third kappa shape index (κ3) is 2.84. The van der Waals surface area contributed by atoms with Crippen LogP contribution in [-0.2, 0) is 11.3 Å². The molecule has 104 valence electrons. The number of anilines is 2. The standard InChI is InChI=1S/C12H11ClN4O2S/c13-9-1-7(11-8(2-9)4-18-6-19-11)3-15-17-12-16-10(14)5-20-12/h1-3,5H,4,6,14H2,(H,16,17). The summed E-state index contributed by atoms with van der Waals surface area (Å²) >= 11 is 7.44. The monoisotopic (exact) mass is 310 g/mol. The quantitative estimate of drug-likeness (QED) is 0.673. The number of hydrogen-bond donors (Lipinski definition) is 2. The molecule has 0 aliphatic carbocycles. The zero-order valence-electron chi connectivity index (χ0n) is 10.3. The number of nitrogens with zero attached hydrogens (tertiary/aromatic N) is 2. The summed E-state index contributed by atoms with van der Waals surface area (Å²) in [6.45, 7) is 0.707. The molecule has 3 N–H and O–H groups in total. The van der Waals surface area contributed by atoms with Gasteiger partial charge in [0.05, 0.1) is 12.8 Å². The van der Waals surface area contributed by atoms with E-state index < -0.39 is 0 Å². The zero-order valence-corrected chi connectivity index (χ0v) is 11.9. The molecule has 3 rings (SSSR count). The maximum Gasteiger partial charge on any atom is 0.205 e. The van der Waals surface area contributed by atoms with Gasteiger partial charge >= 0.3 is 0 Å². The molecule has 1 aliphatic rings. The highest BCUT2D eigenvalue weighted by atomic mass is 35.5. The van der Waals surface area contributed by atoms with Crippen LogP contribution in [0.4, 0.5) is 10.9 Å². The number of nitrogens with one attached hydrogen (secondary N) is 1. The van der Waals surface area contributed by atoms with Crippen LogP contribution in [0.3, 0.4) is 0 Å². The average molecular weight is 311 g/mol. The van der Waals surface area contributed by atoms with E-state index in [-0.39, 0.29) is 6.79 Å². The molecule has 0 saturated heterocycles. The van der Waals surface area contributed by atoms with Gasteiger partial charge in [-0.2, -0.15) is 5.10 Å². The van der Waals surface area contributed by atoms with Crippen molar-refractivity contribution in [2.24, 2.45) is 5.10 Å². The molecular weight excluding hydrogens is 300 g/mol. The molecule has 20 heavy (non-hydrogen) atoms. The Morgan fingerprint density at radius 2 is 2.40 bits per heavy atom. The van der Waals surface area contributed by atoms with Gasteiger partial charge in [0, 0.05) is 21.5 Å². The van der Waals surface area contributed by atoms with Crippen LogP contribution in [0.2, 0.25) is 5.02 Å². The third-order valence-corrected chi connectivity index (χ3v) is 3.57. The number of rotatable bonds is 3. The molecule has 2 heterocycles. The Labute approximate surface area is 124 Å². The van der Waals surface area contributed by atoms with Gasteiger partial charge < -0.3 is 15.2 Å². The number of thiazole rings is 1. The van der Waals surface area contributed by atoms with E-state index in [0.717, 1.165) is 16.9 Å². The minimum absolute atomic E-state index is 0.228. The summed E-state index contributed by atoms with van der Waals surface area (Å²) in [5, 5.41) is 7.08. The summed E-state index contributed by atoms with van der Waals surface area (Å²) in [7, 11) is 0. The zero-order chi connectivity index (χ0) is 13.9. The summed E-state index contributed by atoms with van der Waals surface area (Å²) in [6.07, 6.45) is 1.63. The van der Waals surface area contributed by atoms with Crippen LogP contribution in [0.1, 0.15) is 11.1 Å². The van der Waals surface area contributed by atoms with E-state index in [4.69, 9.17) is 26.8 Å². The van der Waals surface area contributed by atoms with Crippen LogP contribution >= 0.6 is 22.9 Å². The van der Waals surface area contributed by atoms with E-state index in [0.29, 0.717) is 22.6 Å². The largest absolute Gasteiger partial charge is 0.466 e. The van der Waals surface area contributed by atoms with Crippen LogP contribution in [0.5, 0.6) is 5.75 Å². The summed E-state index contributed by atoms with van der Waals surface area (Å²) in [5.41, 5.74) is 10.0. The lowest BCUT2D eigenvalue weighted by molar-refractivity contribution is -0.0164. The van der Waals surface area contributed by atoms with Crippen LogP contribution in [0.15, 0.2) is 22.6 Å². The van der Waals surface area contributed by atoms with Gasteiger partial charge in [-0.05, 0) is 12.1 Å². The highest BCUT2D eigenvalue weighted by Crippen LogP contribution is 2.30. The fraction of sp³-hybridized carbons (Fsp3) is 0.167. The number of hydrogen-bond acceptors (Lipinski definition) is 7. The Morgan fingerprint density at radius 3 is 3.20 bits per heavy atom. The molecule has 6 nitrogen and oxygen atoms in total. The Balaban J connectivity index is 1.81. The Bertz CT molecular complexity index is 659. The van der Waals surface area contributed by atoms with E-state index in [1.54, 1.807) is 17.7 Å². The summed E-state index contributed by atoms with van der Waals surface area (Å²) in [6, 6.07) is 3.61. The lowest BCUT2D eigenvalue weighted by Gasteiger charge is -2.19. The molecule has 0 radical (unpaired) electrons. The summed E-state index contributed by atoms with van der Waals surface area (Å²) in [5.74, 6) is 1.21. The molecule has 0 spiro atoms. The smallest absolute Gasteiger partial charge is 0.205 e. The predicted octanol–water partition coefficient (Wildman–Crippen LogP) is 2.69. The lowest BCUT2D eigenvalue weighted by Crippen LogP contribution is -2.13. The van der Waals surface area contributed by atoms with Gasteiger partial charge in [-0.3, -0.25) is 5.43 Å². The Hall–Kier alpha value is -1.83. The van der Waals surface area contributed by atoms with Gasteiger partial charge in [-0.15, -0.1) is 11.3 Å². The maximum absolute atomic E-state index is 6.06. The second kappa shape index (κ2) is 5.66. The molecule has 0 unspecified atom stereocenters. The minimum Gasteiger partial charge on any atom is -0.466 e. The van der Waals surface area contributed by atoms with Gasteiger partial charge in [0.15, 0.2) is 6.79 Å². The topological polar surface area (TPSA) is 81.8 Å². The predicted molar refractivity (Wildman–Crippen MR) is 79.5 cm³/mol. The van der Waals surface area contributed by atoms with Crippen molar-refractivity contribution in [1.82, 2.24) is 4.98 Å². The summed E-state index contributed by atoms with van der Waals surface area (Å²) < 4.78 is 10.7. The SMILES string of the molecule is Nc1csc(NN=Cc2cc(Cl)cc3c2OCOC3)n1. The van der Waals surface area contributed by atoms with Crippen molar-refractivity contribution >= 4 is 40.1 Å².